The zero-order valence-corrected chi connectivity index (χ0v) is 14.6. The van der Waals surface area contributed by atoms with Crippen molar-refractivity contribution in [1.29, 1.82) is 0 Å². The van der Waals surface area contributed by atoms with Crippen LogP contribution in [0.15, 0.2) is 42.0 Å². The highest BCUT2D eigenvalue weighted by Gasteiger charge is 2.25. The molecule has 128 valence electrons. The van der Waals surface area contributed by atoms with E-state index < -0.39 is 0 Å². The van der Waals surface area contributed by atoms with Crippen LogP contribution in [0.25, 0.3) is 0 Å². The van der Waals surface area contributed by atoms with E-state index in [-0.39, 0.29) is 12.1 Å². The Morgan fingerprint density at radius 1 is 1.29 bits per heavy atom. The minimum Gasteiger partial charge on any atom is -0.336 e. The lowest BCUT2D eigenvalue weighted by molar-refractivity contribution is 0.113. The Labute approximate surface area is 146 Å². The first-order chi connectivity index (χ1) is 11.7. The Kier molecular flexibility index (Phi) is 5.79. The van der Waals surface area contributed by atoms with Gasteiger partial charge in [0.1, 0.15) is 0 Å². The van der Waals surface area contributed by atoms with Crippen LogP contribution < -0.4 is 10.6 Å². The lowest BCUT2D eigenvalue weighted by Gasteiger charge is -2.37. The van der Waals surface area contributed by atoms with E-state index in [0.717, 1.165) is 26.2 Å². The molecule has 0 bridgehead atoms. The van der Waals surface area contributed by atoms with Gasteiger partial charge in [-0.3, -0.25) is 9.88 Å². The molecule has 1 atom stereocenters. The number of hydrogen-bond donors (Lipinski definition) is 2. The molecule has 2 aromatic rings. The number of carbonyl (C=O) groups is 1. The summed E-state index contributed by atoms with van der Waals surface area (Å²) in [5, 5.41) is 7.91. The average molecular weight is 345 g/mol. The summed E-state index contributed by atoms with van der Waals surface area (Å²) in [5.74, 6) is 0. The molecule has 0 aromatic carbocycles. The Hall–Kier alpha value is -1.96. The maximum absolute atomic E-state index is 12.1. The van der Waals surface area contributed by atoms with Crippen LogP contribution in [0.2, 0.25) is 0 Å². The summed E-state index contributed by atoms with van der Waals surface area (Å²) < 4.78 is 0. The Morgan fingerprint density at radius 3 is 2.79 bits per heavy atom. The molecular formula is C17H23N5OS. The van der Waals surface area contributed by atoms with Gasteiger partial charge in [-0.2, -0.15) is 0 Å². The number of thiophene rings is 1. The lowest BCUT2D eigenvalue weighted by atomic mass is 10.1. The molecule has 24 heavy (non-hydrogen) atoms. The second-order valence-corrected chi connectivity index (χ2v) is 6.93. The monoisotopic (exact) mass is 345 g/mol. The van der Waals surface area contributed by atoms with Gasteiger partial charge in [0.05, 0.1) is 17.9 Å². The van der Waals surface area contributed by atoms with Crippen molar-refractivity contribution in [1.82, 2.24) is 20.1 Å². The number of amides is 2. The predicted octanol–water partition coefficient (Wildman–Crippen LogP) is 2.25. The van der Waals surface area contributed by atoms with Crippen LogP contribution in [0.4, 0.5) is 10.5 Å². The first-order valence-electron chi connectivity index (χ1n) is 8.13. The molecule has 1 aliphatic rings. The number of pyridine rings is 1. The third-order valence-electron chi connectivity index (χ3n) is 4.23. The van der Waals surface area contributed by atoms with E-state index in [9.17, 15) is 4.79 Å². The minimum atomic E-state index is -0.196. The summed E-state index contributed by atoms with van der Waals surface area (Å²) in [6.07, 6.45) is 3.32. The first-order valence-corrected chi connectivity index (χ1v) is 9.01. The van der Waals surface area contributed by atoms with Gasteiger partial charge < -0.3 is 15.5 Å². The van der Waals surface area contributed by atoms with E-state index in [1.807, 2.05) is 6.07 Å². The number of carbonyl (C=O) groups excluding carboxylic acids is 1. The van der Waals surface area contributed by atoms with Gasteiger partial charge in [0, 0.05) is 43.8 Å². The van der Waals surface area contributed by atoms with E-state index in [2.05, 4.69) is 50.0 Å². The molecule has 3 rings (SSSR count). The van der Waals surface area contributed by atoms with Crippen LogP contribution in [0.1, 0.15) is 10.9 Å². The van der Waals surface area contributed by atoms with Crippen LogP contribution in [0.5, 0.6) is 0 Å². The normalized spacial score (nSPS) is 17.4. The highest BCUT2D eigenvalue weighted by atomic mass is 32.1. The largest absolute Gasteiger partial charge is 0.336 e. The smallest absolute Gasteiger partial charge is 0.319 e. The topological polar surface area (TPSA) is 60.5 Å². The number of aromatic nitrogens is 1. The number of rotatable bonds is 5. The van der Waals surface area contributed by atoms with Crippen molar-refractivity contribution in [3.8, 4) is 0 Å². The summed E-state index contributed by atoms with van der Waals surface area (Å²) in [6.45, 7) is 4.75. The third kappa shape index (κ3) is 4.53. The van der Waals surface area contributed by atoms with Gasteiger partial charge in [-0.1, -0.05) is 6.07 Å². The summed E-state index contributed by atoms with van der Waals surface area (Å²) >= 11 is 1.74. The van der Waals surface area contributed by atoms with Crippen LogP contribution in [-0.2, 0) is 0 Å². The van der Waals surface area contributed by atoms with Crippen LogP contribution in [0.3, 0.4) is 0 Å². The second-order valence-electron chi connectivity index (χ2n) is 5.95. The van der Waals surface area contributed by atoms with Crippen molar-refractivity contribution in [3.05, 3.63) is 46.9 Å². The maximum atomic E-state index is 12.1. The molecule has 1 aliphatic heterocycles. The third-order valence-corrected chi connectivity index (χ3v) is 5.20. The molecule has 0 unspecified atom stereocenters. The van der Waals surface area contributed by atoms with Gasteiger partial charge in [0.15, 0.2) is 0 Å². The zero-order chi connectivity index (χ0) is 16.8. The van der Waals surface area contributed by atoms with Crippen molar-refractivity contribution < 1.29 is 4.79 Å². The number of urea groups is 1. The molecule has 0 spiro atoms. The summed E-state index contributed by atoms with van der Waals surface area (Å²) in [7, 11) is 2.15. The fourth-order valence-corrected chi connectivity index (χ4v) is 3.69. The number of nitrogens with one attached hydrogen (secondary N) is 2. The molecule has 0 saturated carbocycles. The van der Waals surface area contributed by atoms with Gasteiger partial charge in [-0.15, -0.1) is 11.3 Å². The zero-order valence-electron chi connectivity index (χ0n) is 13.8. The molecule has 0 radical (unpaired) electrons. The summed E-state index contributed by atoms with van der Waals surface area (Å²) in [5.41, 5.74) is 0.697. The fraction of sp³-hybridized carbons (Fsp3) is 0.412. The van der Waals surface area contributed by atoms with Gasteiger partial charge in [0.25, 0.3) is 0 Å². The van der Waals surface area contributed by atoms with Crippen molar-refractivity contribution >= 4 is 23.1 Å². The first kappa shape index (κ1) is 16.9. The van der Waals surface area contributed by atoms with E-state index in [1.165, 1.54) is 4.88 Å². The lowest BCUT2D eigenvalue weighted by Crippen LogP contribution is -2.48. The van der Waals surface area contributed by atoms with Crippen molar-refractivity contribution in [2.45, 2.75) is 6.04 Å². The standard InChI is InChI=1S/C17H23N5OS/c1-21-7-9-22(10-8-21)15(16-5-3-11-24-16)13-19-17(23)20-14-4-2-6-18-12-14/h2-6,11-12,15H,7-10,13H2,1H3,(H2,19,20,23)/t15-/m1/s1. The van der Waals surface area contributed by atoms with Crippen molar-refractivity contribution in [2.24, 2.45) is 0 Å². The molecular weight excluding hydrogens is 322 g/mol. The SMILES string of the molecule is CN1CCN([C@H](CNC(=O)Nc2cccnc2)c2cccs2)CC1. The molecule has 2 N–H and O–H groups in total. The van der Waals surface area contributed by atoms with Crippen molar-refractivity contribution in [2.75, 3.05) is 45.1 Å². The van der Waals surface area contributed by atoms with E-state index in [1.54, 1.807) is 29.8 Å². The summed E-state index contributed by atoms with van der Waals surface area (Å²) in [6, 6.07) is 7.86. The van der Waals surface area contributed by atoms with Gasteiger partial charge >= 0.3 is 6.03 Å². The highest BCUT2D eigenvalue weighted by Crippen LogP contribution is 2.25. The fourth-order valence-electron chi connectivity index (χ4n) is 2.83. The van der Waals surface area contributed by atoms with E-state index in [0.29, 0.717) is 12.2 Å². The number of nitrogens with zero attached hydrogens (tertiary/aromatic N) is 3. The van der Waals surface area contributed by atoms with Crippen LogP contribution >= 0.6 is 11.3 Å². The molecule has 6 nitrogen and oxygen atoms in total. The van der Waals surface area contributed by atoms with Gasteiger partial charge in [-0.25, -0.2) is 4.79 Å². The average Bonchev–Trinajstić information content (AvgIpc) is 3.12. The molecule has 2 aromatic heterocycles. The molecule has 2 amide bonds. The number of likely N-dealkylation sites (N-methyl/N-ethyl adjacent to an activating group) is 1. The van der Waals surface area contributed by atoms with E-state index >= 15 is 0 Å². The molecule has 1 fully saturated rings. The molecule has 3 heterocycles. The minimum absolute atomic E-state index is 0.196. The second kappa shape index (κ2) is 8.23. The highest BCUT2D eigenvalue weighted by molar-refractivity contribution is 7.10. The maximum Gasteiger partial charge on any atom is 0.319 e. The number of piperazine rings is 1. The Morgan fingerprint density at radius 2 is 2.12 bits per heavy atom. The Balaban J connectivity index is 1.59. The predicted molar refractivity (Wildman–Crippen MR) is 97.4 cm³/mol. The molecule has 7 heteroatoms. The quantitative estimate of drug-likeness (QED) is 0.873. The van der Waals surface area contributed by atoms with Crippen molar-refractivity contribution in [3.63, 3.8) is 0 Å². The van der Waals surface area contributed by atoms with E-state index in [4.69, 9.17) is 0 Å². The Bertz CT molecular complexity index is 626. The molecule has 0 aliphatic carbocycles. The van der Waals surface area contributed by atoms with Crippen LogP contribution in [0, 0.1) is 0 Å². The molecule has 1 saturated heterocycles. The van der Waals surface area contributed by atoms with Crippen LogP contribution in [-0.4, -0.2) is 60.6 Å². The number of hydrogen-bond acceptors (Lipinski definition) is 5. The van der Waals surface area contributed by atoms with Gasteiger partial charge in [0.2, 0.25) is 0 Å². The number of anilines is 1. The van der Waals surface area contributed by atoms with Gasteiger partial charge in [-0.05, 0) is 30.6 Å². The summed E-state index contributed by atoms with van der Waals surface area (Å²) in [4.78, 5) is 22.2.